The van der Waals surface area contributed by atoms with Crippen LogP contribution < -0.4 is 5.32 Å². The van der Waals surface area contributed by atoms with Crippen molar-refractivity contribution in [3.05, 3.63) is 0 Å². The van der Waals surface area contributed by atoms with Crippen molar-refractivity contribution in [3.63, 3.8) is 0 Å². The molecule has 0 fully saturated rings. The van der Waals surface area contributed by atoms with Gasteiger partial charge in [0.2, 0.25) is 15.9 Å². The van der Waals surface area contributed by atoms with Gasteiger partial charge in [-0.25, -0.2) is 12.7 Å². The summed E-state index contributed by atoms with van der Waals surface area (Å²) in [5.41, 5.74) is -1.14. The van der Waals surface area contributed by atoms with Gasteiger partial charge in [-0.3, -0.25) is 4.79 Å². The summed E-state index contributed by atoms with van der Waals surface area (Å²) in [6.07, 6.45) is 0. The minimum absolute atomic E-state index is 0.00442. The molecular weight excluding hydrogens is 230 g/mol. The third kappa shape index (κ3) is 4.16. The van der Waals surface area contributed by atoms with Crippen molar-refractivity contribution < 1.29 is 13.2 Å². The molecule has 1 N–H and O–H groups in total. The lowest BCUT2D eigenvalue weighted by Crippen LogP contribution is -2.39. The van der Waals surface area contributed by atoms with Crippen molar-refractivity contribution in [2.24, 2.45) is 5.41 Å². The van der Waals surface area contributed by atoms with Crippen molar-refractivity contribution in [1.82, 2.24) is 9.62 Å². The van der Waals surface area contributed by atoms with Crippen molar-refractivity contribution in [2.75, 3.05) is 26.4 Å². The SMILES string of the molecule is CN(C)S(=O)(=O)CCNC(=O)C(C)(C)C#N. The Kier molecular flexibility index (Phi) is 4.90. The molecule has 0 heterocycles. The first kappa shape index (κ1) is 14.9. The molecule has 0 aromatic carbocycles. The van der Waals surface area contributed by atoms with Crippen LogP contribution in [0.25, 0.3) is 0 Å². The van der Waals surface area contributed by atoms with Gasteiger partial charge >= 0.3 is 0 Å². The average molecular weight is 247 g/mol. The number of sulfonamides is 1. The molecule has 0 aliphatic carbocycles. The maximum absolute atomic E-state index is 11.4. The number of amides is 1. The lowest BCUT2D eigenvalue weighted by atomic mass is 9.95. The monoisotopic (exact) mass is 247 g/mol. The van der Waals surface area contributed by atoms with Crippen molar-refractivity contribution in [1.29, 1.82) is 5.26 Å². The molecule has 0 aliphatic heterocycles. The van der Waals surface area contributed by atoms with E-state index in [0.29, 0.717) is 0 Å². The predicted octanol–water partition coefficient (Wildman–Crippen LogP) is -0.456. The van der Waals surface area contributed by atoms with Crippen LogP contribution in [0.15, 0.2) is 0 Å². The molecule has 0 bridgehead atoms. The fourth-order valence-corrected chi connectivity index (χ4v) is 1.47. The van der Waals surface area contributed by atoms with Gasteiger partial charge in [0.05, 0.1) is 11.8 Å². The van der Waals surface area contributed by atoms with E-state index >= 15 is 0 Å². The van der Waals surface area contributed by atoms with Gasteiger partial charge in [-0.05, 0) is 13.8 Å². The normalized spacial score (nSPS) is 12.2. The molecule has 0 aliphatic rings. The Morgan fingerprint density at radius 2 is 1.94 bits per heavy atom. The van der Waals surface area contributed by atoms with Crippen LogP contribution >= 0.6 is 0 Å². The lowest BCUT2D eigenvalue weighted by Gasteiger charge is -2.16. The molecule has 16 heavy (non-hydrogen) atoms. The van der Waals surface area contributed by atoms with Crippen LogP contribution in [0.4, 0.5) is 0 Å². The number of nitrogens with one attached hydrogen (secondary N) is 1. The molecule has 92 valence electrons. The minimum Gasteiger partial charge on any atom is -0.354 e. The average Bonchev–Trinajstić information content (AvgIpc) is 2.17. The number of nitriles is 1. The van der Waals surface area contributed by atoms with Crippen molar-refractivity contribution in [3.8, 4) is 6.07 Å². The zero-order valence-corrected chi connectivity index (χ0v) is 10.8. The molecule has 0 atom stereocenters. The molecule has 0 unspecified atom stereocenters. The predicted molar refractivity (Wildman–Crippen MR) is 59.9 cm³/mol. The Labute approximate surface area is 96.3 Å². The van der Waals surface area contributed by atoms with Crippen LogP contribution in [0.1, 0.15) is 13.8 Å². The zero-order chi connectivity index (χ0) is 13.0. The van der Waals surface area contributed by atoms with Crippen LogP contribution in [0, 0.1) is 16.7 Å². The van der Waals surface area contributed by atoms with Gasteiger partial charge in [-0.2, -0.15) is 5.26 Å². The first-order valence-electron chi connectivity index (χ1n) is 4.73. The van der Waals surface area contributed by atoms with Gasteiger partial charge in [0.15, 0.2) is 0 Å². The molecule has 0 saturated heterocycles. The summed E-state index contributed by atoms with van der Waals surface area (Å²) >= 11 is 0. The summed E-state index contributed by atoms with van der Waals surface area (Å²) in [5.74, 6) is -0.642. The number of carbonyl (C=O) groups is 1. The molecule has 1 amide bonds. The van der Waals surface area contributed by atoms with E-state index in [2.05, 4.69) is 5.32 Å². The van der Waals surface area contributed by atoms with E-state index in [9.17, 15) is 13.2 Å². The van der Waals surface area contributed by atoms with Crippen LogP contribution in [0.5, 0.6) is 0 Å². The third-order valence-electron chi connectivity index (χ3n) is 2.05. The highest BCUT2D eigenvalue weighted by Crippen LogP contribution is 2.12. The van der Waals surface area contributed by atoms with E-state index in [-0.39, 0.29) is 12.3 Å². The number of nitrogens with zero attached hydrogens (tertiary/aromatic N) is 2. The van der Waals surface area contributed by atoms with Gasteiger partial charge in [0.1, 0.15) is 5.41 Å². The number of hydrogen-bond acceptors (Lipinski definition) is 4. The number of rotatable bonds is 5. The molecule has 0 aromatic rings. The topological polar surface area (TPSA) is 90.3 Å². The lowest BCUT2D eigenvalue weighted by molar-refractivity contribution is -0.126. The maximum atomic E-state index is 11.4. The summed E-state index contributed by atoms with van der Waals surface area (Å²) in [5, 5.41) is 11.1. The standard InChI is InChI=1S/C9H17N3O3S/c1-9(2,7-10)8(13)11-5-6-16(14,15)12(3)4/h5-6H2,1-4H3,(H,11,13). The second-order valence-electron chi connectivity index (χ2n) is 4.09. The Morgan fingerprint density at radius 1 is 1.44 bits per heavy atom. The van der Waals surface area contributed by atoms with Gasteiger partial charge in [0.25, 0.3) is 0 Å². The molecule has 0 rings (SSSR count). The van der Waals surface area contributed by atoms with Crippen LogP contribution in [0.3, 0.4) is 0 Å². The number of carbonyl (C=O) groups excluding carboxylic acids is 1. The highest BCUT2D eigenvalue weighted by molar-refractivity contribution is 7.89. The highest BCUT2D eigenvalue weighted by atomic mass is 32.2. The van der Waals surface area contributed by atoms with Crippen LogP contribution in [-0.2, 0) is 14.8 Å². The Balaban J connectivity index is 4.23. The van der Waals surface area contributed by atoms with Gasteiger partial charge in [-0.1, -0.05) is 0 Å². The van der Waals surface area contributed by atoms with Gasteiger partial charge in [-0.15, -0.1) is 0 Å². The molecule has 0 spiro atoms. The zero-order valence-electron chi connectivity index (χ0n) is 9.94. The van der Waals surface area contributed by atoms with Gasteiger partial charge in [0, 0.05) is 20.6 Å². The Bertz CT molecular complexity index is 393. The quantitative estimate of drug-likeness (QED) is 0.712. The van der Waals surface area contributed by atoms with Crippen LogP contribution in [-0.4, -0.2) is 45.0 Å². The Morgan fingerprint density at radius 3 is 2.31 bits per heavy atom. The smallest absolute Gasteiger partial charge is 0.239 e. The molecule has 0 saturated carbocycles. The minimum atomic E-state index is -3.31. The van der Waals surface area contributed by atoms with E-state index < -0.39 is 21.3 Å². The summed E-state index contributed by atoms with van der Waals surface area (Å²) in [6.45, 7) is 2.95. The molecule has 0 aromatic heterocycles. The number of hydrogen-bond donors (Lipinski definition) is 1. The van der Waals surface area contributed by atoms with E-state index in [1.165, 1.54) is 27.9 Å². The second-order valence-corrected chi connectivity index (χ2v) is 6.39. The molecule has 7 heteroatoms. The first-order valence-corrected chi connectivity index (χ1v) is 6.34. The summed E-state index contributed by atoms with van der Waals surface area (Å²) in [6, 6.07) is 1.84. The summed E-state index contributed by atoms with van der Waals surface area (Å²) in [7, 11) is -0.456. The van der Waals surface area contributed by atoms with Crippen LogP contribution in [0.2, 0.25) is 0 Å². The largest absolute Gasteiger partial charge is 0.354 e. The summed E-state index contributed by atoms with van der Waals surface area (Å²) in [4.78, 5) is 11.4. The van der Waals surface area contributed by atoms with E-state index in [0.717, 1.165) is 4.31 Å². The molecular formula is C9H17N3O3S. The van der Waals surface area contributed by atoms with E-state index in [1.54, 1.807) is 0 Å². The maximum Gasteiger partial charge on any atom is 0.239 e. The fourth-order valence-electron chi connectivity index (χ4n) is 0.748. The first-order chi connectivity index (χ1) is 7.13. The highest BCUT2D eigenvalue weighted by Gasteiger charge is 2.27. The fraction of sp³-hybridized carbons (Fsp3) is 0.778. The summed E-state index contributed by atoms with van der Waals surface area (Å²) < 4.78 is 23.8. The third-order valence-corrected chi connectivity index (χ3v) is 3.88. The Hall–Kier alpha value is -1.13. The molecule has 0 radical (unpaired) electrons. The second kappa shape index (κ2) is 5.27. The van der Waals surface area contributed by atoms with Gasteiger partial charge < -0.3 is 5.32 Å². The van der Waals surface area contributed by atoms with E-state index in [4.69, 9.17) is 5.26 Å². The molecule has 6 nitrogen and oxygen atoms in total. The van der Waals surface area contributed by atoms with E-state index in [1.807, 2.05) is 6.07 Å². The van der Waals surface area contributed by atoms with Crippen molar-refractivity contribution >= 4 is 15.9 Å². The van der Waals surface area contributed by atoms with Crippen molar-refractivity contribution in [2.45, 2.75) is 13.8 Å².